The third-order valence-electron chi connectivity index (χ3n) is 2.04. The minimum absolute atomic E-state index is 0.0844. The lowest BCUT2D eigenvalue weighted by Gasteiger charge is -2.12. The number of carboxylic acid groups (broad SMARTS) is 1. The van der Waals surface area contributed by atoms with Crippen molar-refractivity contribution < 1.29 is 14.7 Å². The SMILES string of the molecule is CCC(NC(=O)c1nc(Cl)ccc1Cl)C(=O)O. The van der Waals surface area contributed by atoms with E-state index in [9.17, 15) is 9.59 Å². The fraction of sp³-hybridized carbons (Fsp3) is 0.300. The molecule has 0 aliphatic carbocycles. The molecule has 0 aliphatic rings. The molecule has 0 fully saturated rings. The number of hydrogen-bond donors (Lipinski definition) is 2. The van der Waals surface area contributed by atoms with Crippen LogP contribution in [-0.4, -0.2) is 28.0 Å². The van der Waals surface area contributed by atoms with E-state index in [1.54, 1.807) is 6.92 Å². The van der Waals surface area contributed by atoms with Gasteiger partial charge in [0, 0.05) is 0 Å². The molecule has 0 saturated carbocycles. The number of pyridine rings is 1. The van der Waals surface area contributed by atoms with Crippen LogP contribution in [0.5, 0.6) is 0 Å². The van der Waals surface area contributed by atoms with Gasteiger partial charge in [-0.2, -0.15) is 0 Å². The molecule has 7 heteroatoms. The van der Waals surface area contributed by atoms with Crippen LogP contribution in [0.1, 0.15) is 23.8 Å². The first-order chi connectivity index (χ1) is 7.95. The van der Waals surface area contributed by atoms with Crippen molar-refractivity contribution in [3.63, 3.8) is 0 Å². The maximum atomic E-state index is 11.7. The standard InChI is InChI=1S/C10H10Cl2N2O3/c1-2-6(10(16)17)13-9(15)8-5(11)3-4-7(12)14-8/h3-4,6H,2H2,1H3,(H,13,15)(H,16,17). The zero-order valence-electron chi connectivity index (χ0n) is 8.91. The van der Waals surface area contributed by atoms with Crippen molar-refractivity contribution in [2.75, 3.05) is 0 Å². The van der Waals surface area contributed by atoms with E-state index in [0.717, 1.165) is 0 Å². The van der Waals surface area contributed by atoms with Crippen molar-refractivity contribution in [1.29, 1.82) is 0 Å². The van der Waals surface area contributed by atoms with Gasteiger partial charge in [-0.1, -0.05) is 30.1 Å². The van der Waals surface area contributed by atoms with Gasteiger partial charge in [0.2, 0.25) is 0 Å². The number of hydrogen-bond acceptors (Lipinski definition) is 3. The maximum absolute atomic E-state index is 11.7. The Morgan fingerprint density at radius 1 is 1.47 bits per heavy atom. The molecule has 0 saturated heterocycles. The molecule has 1 atom stereocenters. The second-order valence-corrected chi connectivity index (χ2v) is 4.03. The summed E-state index contributed by atoms with van der Waals surface area (Å²) in [6, 6.07) is 1.89. The molecule has 0 radical (unpaired) electrons. The van der Waals surface area contributed by atoms with Crippen molar-refractivity contribution in [2.24, 2.45) is 0 Å². The van der Waals surface area contributed by atoms with Crippen LogP contribution in [0.15, 0.2) is 12.1 Å². The van der Waals surface area contributed by atoms with Crippen LogP contribution in [0, 0.1) is 0 Å². The van der Waals surface area contributed by atoms with Crippen molar-refractivity contribution in [3.8, 4) is 0 Å². The number of aromatic nitrogens is 1. The van der Waals surface area contributed by atoms with Crippen molar-refractivity contribution in [2.45, 2.75) is 19.4 Å². The smallest absolute Gasteiger partial charge is 0.326 e. The highest BCUT2D eigenvalue weighted by Crippen LogP contribution is 2.16. The van der Waals surface area contributed by atoms with Gasteiger partial charge in [-0.05, 0) is 18.6 Å². The monoisotopic (exact) mass is 276 g/mol. The Morgan fingerprint density at radius 3 is 2.65 bits per heavy atom. The van der Waals surface area contributed by atoms with Crippen LogP contribution in [0.2, 0.25) is 10.2 Å². The van der Waals surface area contributed by atoms with E-state index in [4.69, 9.17) is 28.3 Å². The van der Waals surface area contributed by atoms with Gasteiger partial charge >= 0.3 is 5.97 Å². The van der Waals surface area contributed by atoms with Crippen LogP contribution >= 0.6 is 23.2 Å². The number of carbonyl (C=O) groups is 2. The van der Waals surface area contributed by atoms with E-state index in [-0.39, 0.29) is 22.3 Å². The third-order valence-corrected chi connectivity index (χ3v) is 2.55. The molecule has 0 bridgehead atoms. The fourth-order valence-corrected chi connectivity index (χ4v) is 1.48. The second kappa shape index (κ2) is 5.84. The largest absolute Gasteiger partial charge is 0.480 e. The second-order valence-electron chi connectivity index (χ2n) is 3.24. The van der Waals surface area contributed by atoms with Crippen molar-refractivity contribution in [1.82, 2.24) is 10.3 Å². The van der Waals surface area contributed by atoms with Gasteiger partial charge in [0.05, 0.1) is 5.02 Å². The summed E-state index contributed by atoms with van der Waals surface area (Å²) >= 11 is 11.4. The number of carbonyl (C=O) groups excluding carboxylic acids is 1. The lowest BCUT2D eigenvalue weighted by atomic mass is 10.2. The zero-order valence-corrected chi connectivity index (χ0v) is 10.4. The van der Waals surface area contributed by atoms with Crippen LogP contribution in [0.3, 0.4) is 0 Å². The molecule has 5 nitrogen and oxygen atoms in total. The third kappa shape index (κ3) is 3.57. The number of carboxylic acids is 1. The molecule has 1 aromatic heterocycles. The number of rotatable bonds is 4. The van der Waals surface area contributed by atoms with E-state index in [2.05, 4.69) is 10.3 Å². The lowest BCUT2D eigenvalue weighted by Crippen LogP contribution is -2.40. The van der Waals surface area contributed by atoms with Gasteiger partial charge in [-0.15, -0.1) is 0 Å². The Balaban J connectivity index is 2.89. The van der Waals surface area contributed by atoms with Gasteiger partial charge in [0.25, 0.3) is 5.91 Å². The number of nitrogens with one attached hydrogen (secondary N) is 1. The first-order valence-electron chi connectivity index (χ1n) is 4.81. The average molecular weight is 277 g/mol. The van der Waals surface area contributed by atoms with E-state index in [0.29, 0.717) is 0 Å². The summed E-state index contributed by atoms with van der Waals surface area (Å²) in [5.41, 5.74) is -0.0844. The summed E-state index contributed by atoms with van der Waals surface area (Å²) in [7, 11) is 0. The van der Waals surface area contributed by atoms with Crippen LogP contribution in [-0.2, 0) is 4.79 Å². The molecule has 1 aromatic rings. The highest BCUT2D eigenvalue weighted by atomic mass is 35.5. The Bertz CT molecular complexity index is 451. The zero-order chi connectivity index (χ0) is 13.0. The molecule has 17 heavy (non-hydrogen) atoms. The Labute approximate surface area is 108 Å². The van der Waals surface area contributed by atoms with E-state index >= 15 is 0 Å². The van der Waals surface area contributed by atoms with Crippen LogP contribution in [0.25, 0.3) is 0 Å². The van der Waals surface area contributed by atoms with E-state index in [1.807, 2.05) is 0 Å². The molecule has 1 heterocycles. The Morgan fingerprint density at radius 2 is 2.12 bits per heavy atom. The highest BCUT2D eigenvalue weighted by Gasteiger charge is 2.21. The minimum atomic E-state index is -1.11. The van der Waals surface area contributed by atoms with E-state index < -0.39 is 17.9 Å². The summed E-state index contributed by atoms with van der Waals surface area (Å²) < 4.78 is 0. The highest BCUT2D eigenvalue weighted by molar-refractivity contribution is 6.34. The number of amides is 1. The summed E-state index contributed by atoms with van der Waals surface area (Å²) in [6.07, 6.45) is 0.263. The average Bonchev–Trinajstić information content (AvgIpc) is 2.28. The summed E-state index contributed by atoms with van der Waals surface area (Å²) in [5.74, 6) is -1.77. The number of nitrogens with zero attached hydrogens (tertiary/aromatic N) is 1. The topological polar surface area (TPSA) is 79.3 Å². The summed E-state index contributed by atoms with van der Waals surface area (Å²) in [5, 5.41) is 11.3. The molecular weight excluding hydrogens is 267 g/mol. The van der Waals surface area contributed by atoms with Gasteiger partial charge in [0.15, 0.2) is 0 Å². The predicted octanol–water partition coefficient (Wildman–Crippen LogP) is 1.98. The van der Waals surface area contributed by atoms with Crippen LogP contribution in [0.4, 0.5) is 0 Å². The van der Waals surface area contributed by atoms with Gasteiger partial charge in [-0.25, -0.2) is 9.78 Å². The first kappa shape index (κ1) is 13.7. The molecule has 0 aliphatic heterocycles. The molecular formula is C10H10Cl2N2O3. The lowest BCUT2D eigenvalue weighted by molar-refractivity contribution is -0.139. The normalized spacial score (nSPS) is 11.9. The summed E-state index contributed by atoms with van der Waals surface area (Å²) in [4.78, 5) is 26.2. The minimum Gasteiger partial charge on any atom is -0.480 e. The molecule has 0 spiro atoms. The first-order valence-corrected chi connectivity index (χ1v) is 5.57. The quantitative estimate of drug-likeness (QED) is 0.825. The fourth-order valence-electron chi connectivity index (χ4n) is 1.14. The van der Waals surface area contributed by atoms with Crippen molar-refractivity contribution >= 4 is 35.1 Å². The van der Waals surface area contributed by atoms with Crippen LogP contribution < -0.4 is 5.32 Å². The molecule has 92 valence electrons. The molecule has 1 rings (SSSR count). The van der Waals surface area contributed by atoms with E-state index in [1.165, 1.54) is 12.1 Å². The maximum Gasteiger partial charge on any atom is 0.326 e. The van der Waals surface area contributed by atoms with Crippen molar-refractivity contribution in [3.05, 3.63) is 28.0 Å². The molecule has 1 unspecified atom stereocenters. The molecule has 2 N–H and O–H groups in total. The summed E-state index contributed by atoms with van der Waals surface area (Å²) in [6.45, 7) is 1.64. The number of halogens is 2. The Hall–Kier alpha value is -1.33. The molecule has 1 amide bonds. The predicted molar refractivity (Wildman–Crippen MR) is 63.4 cm³/mol. The number of aliphatic carboxylic acids is 1. The van der Waals surface area contributed by atoms with Gasteiger partial charge < -0.3 is 10.4 Å². The Kier molecular flexibility index (Phi) is 4.72. The molecule has 0 aromatic carbocycles. The van der Waals surface area contributed by atoms with Gasteiger partial charge in [-0.3, -0.25) is 4.79 Å². The van der Waals surface area contributed by atoms with Gasteiger partial charge in [0.1, 0.15) is 16.9 Å².